The van der Waals surface area contributed by atoms with Gasteiger partial charge in [0.2, 0.25) is 0 Å². The first kappa shape index (κ1) is 29.0. The molecule has 7 aromatic carbocycles. The highest BCUT2D eigenvalue weighted by molar-refractivity contribution is 7.19. The summed E-state index contributed by atoms with van der Waals surface area (Å²) in [5.74, 6) is 0. The van der Waals surface area contributed by atoms with Gasteiger partial charge in [-0.05, 0) is 68.3 Å². The molecule has 0 aliphatic carbocycles. The lowest BCUT2D eigenvalue weighted by molar-refractivity contribution is 1.18. The topological polar surface area (TPSA) is 52.5 Å². The fraction of sp³-hybridized carbons (Fsp3) is 0. The van der Waals surface area contributed by atoms with Crippen molar-refractivity contribution in [1.82, 2.24) is 4.57 Å². The number of nitrogens with zero attached hydrogens (tertiary/aromatic N) is 3. The van der Waals surface area contributed by atoms with Crippen LogP contribution in [0.1, 0.15) is 11.1 Å². The molecule has 0 bridgehead atoms. The lowest BCUT2D eigenvalue weighted by atomic mass is 9.98. The van der Waals surface area contributed by atoms with E-state index in [1.54, 1.807) is 0 Å². The summed E-state index contributed by atoms with van der Waals surface area (Å²) in [5, 5.41) is 28.1. The fourth-order valence-electron chi connectivity index (χ4n) is 7.35. The number of hydrogen-bond acceptors (Lipinski definition) is 2. The van der Waals surface area contributed by atoms with Crippen molar-refractivity contribution in [1.29, 1.82) is 10.5 Å². The summed E-state index contributed by atoms with van der Waals surface area (Å²) in [7, 11) is -2.81. The van der Waals surface area contributed by atoms with Crippen molar-refractivity contribution in [3.8, 4) is 29.0 Å². The summed E-state index contributed by atoms with van der Waals surface area (Å²) in [6.45, 7) is 0. The van der Waals surface area contributed by atoms with E-state index in [2.05, 4.69) is 168 Å². The maximum Gasteiger partial charge on any atom is 0.179 e. The Labute approximate surface area is 280 Å². The standard InChI is InChI=1S/C44H29N3Si/c45-30-32-26-33(28-35(27-32)47-43-22-12-10-20-41(43)42-21-11-13-23-44(42)47)40-25-24-39(29-34(40)31-46)48(36-14-4-1-5-15-36,37-16-6-2-7-17-37)38-18-8-3-9-19-38/h1-29H. The van der Waals surface area contributed by atoms with Crippen LogP contribution in [0.3, 0.4) is 0 Å². The second kappa shape index (κ2) is 12.0. The summed E-state index contributed by atoms with van der Waals surface area (Å²) in [5.41, 5.74) is 5.78. The van der Waals surface area contributed by atoms with Crippen LogP contribution in [0.5, 0.6) is 0 Å². The molecular weight excluding hydrogens is 599 g/mol. The van der Waals surface area contributed by atoms with Gasteiger partial charge in [0.25, 0.3) is 0 Å². The Bertz CT molecular complexity index is 2370. The number of nitriles is 2. The Balaban J connectivity index is 1.37. The Hall–Kier alpha value is -6.46. The molecule has 0 unspecified atom stereocenters. The van der Waals surface area contributed by atoms with E-state index >= 15 is 0 Å². The molecule has 0 fully saturated rings. The normalized spacial score (nSPS) is 11.3. The highest BCUT2D eigenvalue weighted by Gasteiger charge is 2.41. The van der Waals surface area contributed by atoms with Gasteiger partial charge in [-0.1, -0.05) is 140 Å². The van der Waals surface area contributed by atoms with Gasteiger partial charge in [0.05, 0.1) is 34.3 Å². The first-order valence-electron chi connectivity index (χ1n) is 16.0. The molecule has 8 rings (SSSR count). The first-order chi connectivity index (χ1) is 23.7. The molecule has 0 saturated heterocycles. The van der Waals surface area contributed by atoms with Gasteiger partial charge in [-0.15, -0.1) is 0 Å². The third kappa shape index (κ3) is 4.64. The fourth-order valence-corrected chi connectivity index (χ4v) is 12.1. The van der Waals surface area contributed by atoms with Crippen molar-refractivity contribution in [3.05, 3.63) is 187 Å². The molecule has 0 spiro atoms. The van der Waals surface area contributed by atoms with Crippen molar-refractivity contribution in [2.24, 2.45) is 0 Å². The molecule has 0 radical (unpaired) electrons. The minimum atomic E-state index is -2.81. The number of benzene rings is 7. The molecule has 0 atom stereocenters. The van der Waals surface area contributed by atoms with E-state index < -0.39 is 8.07 Å². The molecule has 224 valence electrons. The van der Waals surface area contributed by atoms with Crippen LogP contribution in [0, 0.1) is 22.7 Å². The van der Waals surface area contributed by atoms with Gasteiger partial charge in [0.15, 0.2) is 8.07 Å². The minimum Gasteiger partial charge on any atom is -0.309 e. The van der Waals surface area contributed by atoms with E-state index in [1.807, 2.05) is 24.3 Å². The van der Waals surface area contributed by atoms with Gasteiger partial charge < -0.3 is 4.57 Å². The van der Waals surface area contributed by atoms with E-state index in [4.69, 9.17) is 0 Å². The summed E-state index contributed by atoms with van der Waals surface area (Å²) in [4.78, 5) is 0. The van der Waals surface area contributed by atoms with Gasteiger partial charge in [0, 0.05) is 16.5 Å². The highest BCUT2D eigenvalue weighted by atomic mass is 28.3. The molecule has 1 heterocycles. The predicted molar refractivity (Wildman–Crippen MR) is 199 cm³/mol. The smallest absolute Gasteiger partial charge is 0.179 e. The van der Waals surface area contributed by atoms with E-state index in [1.165, 1.54) is 15.6 Å². The zero-order valence-electron chi connectivity index (χ0n) is 26.1. The molecule has 3 nitrogen and oxygen atoms in total. The van der Waals surface area contributed by atoms with Crippen molar-refractivity contribution in [2.45, 2.75) is 0 Å². The molecule has 48 heavy (non-hydrogen) atoms. The second-order valence-corrected chi connectivity index (χ2v) is 15.8. The lowest BCUT2D eigenvalue weighted by Crippen LogP contribution is -2.74. The second-order valence-electron chi connectivity index (χ2n) is 12.0. The average molecular weight is 628 g/mol. The largest absolute Gasteiger partial charge is 0.309 e. The third-order valence-corrected chi connectivity index (χ3v) is 14.2. The Kier molecular flexibility index (Phi) is 7.27. The molecule has 0 aliphatic heterocycles. The van der Waals surface area contributed by atoms with E-state index in [0.717, 1.165) is 43.8 Å². The number of fused-ring (bicyclic) bond motifs is 3. The lowest BCUT2D eigenvalue weighted by Gasteiger charge is -2.34. The average Bonchev–Trinajstić information content (AvgIpc) is 3.51. The number of hydrogen-bond donors (Lipinski definition) is 0. The molecule has 1 aromatic heterocycles. The number of rotatable bonds is 6. The van der Waals surface area contributed by atoms with Gasteiger partial charge in [-0.25, -0.2) is 0 Å². The van der Waals surface area contributed by atoms with Crippen molar-refractivity contribution >= 4 is 50.6 Å². The molecule has 0 amide bonds. The zero-order valence-corrected chi connectivity index (χ0v) is 27.1. The van der Waals surface area contributed by atoms with Crippen LogP contribution in [0.15, 0.2) is 176 Å². The van der Waals surface area contributed by atoms with Crippen molar-refractivity contribution in [2.75, 3.05) is 0 Å². The van der Waals surface area contributed by atoms with Crippen LogP contribution in [0.2, 0.25) is 0 Å². The van der Waals surface area contributed by atoms with E-state index in [-0.39, 0.29) is 0 Å². The van der Waals surface area contributed by atoms with Gasteiger partial charge >= 0.3 is 0 Å². The Morgan fingerprint density at radius 1 is 0.438 bits per heavy atom. The monoisotopic (exact) mass is 627 g/mol. The van der Waals surface area contributed by atoms with Gasteiger partial charge in [-0.3, -0.25) is 0 Å². The van der Waals surface area contributed by atoms with E-state index in [9.17, 15) is 10.5 Å². The van der Waals surface area contributed by atoms with Crippen LogP contribution in [-0.2, 0) is 0 Å². The van der Waals surface area contributed by atoms with Gasteiger partial charge in [0.1, 0.15) is 0 Å². The quantitative estimate of drug-likeness (QED) is 0.141. The highest BCUT2D eigenvalue weighted by Crippen LogP contribution is 2.34. The van der Waals surface area contributed by atoms with Crippen molar-refractivity contribution in [3.63, 3.8) is 0 Å². The zero-order chi connectivity index (χ0) is 32.5. The van der Waals surface area contributed by atoms with Crippen molar-refractivity contribution < 1.29 is 0 Å². The summed E-state index contributed by atoms with van der Waals surface area (Å²) < 4.78 is 2.22. The van der Waals surface area contributed by atoms with Crippen LogP contribution < -0.4 is 20.7 Å². The van der Waals surface area contributed by atoms with Crippen LogP contribution in [0.4, 0.5) is 0 Å². The van der Waals surface area contributed by atoms with Crippen LogP contribution in [0.25, 0.3) is 38.6 Å². The number of para-hydroxylation sites is 2. The Morgan fingerprint density at radius 2 is 0.938 bits per heavy atom. The third-order valence-electron chi connectivity index (χ3n) is 9.39. The summed E-state index contributed by atoms with van der Waals surface area (Å²) in [6, 6.07) is 66.1. The molecule has 0 N–H and O–H groups in total. The van der Waals surface area contributed by atoms with E-state index in [0.29, 0.717) is 11.1 Å². The minimum absolute atomic E-state index is 0.541. The Morgan fingerprint density at radius 3 is 1.44 bits per heavy atom. The number of aromatic nitrogens is 1. The molecule has 8 aromatic rings. The molecule has 0 aliphatic rings. The first-order valence-corrected chi connectivity index (χ1v) is 18.0. The SMILES string of the molecule is N#Cc1cc(-c2ccc([Si](c3ccccc3)(c3ccccc3)c3ccccc3)cc2C#N)cc(-n2c3ccccc3c3ccccc32)c1. The molecule has 4 heteroatoms. The molecule has 0 saturated carbocycles. The van der Waals surface area contributed by atoms with Gasteiger partial charge in [-0.2, -0.15) is 10.5 Å². The predicted octanol–water partition coefficient (Wildman–Crippen LogP) is 7.57. The maximum atomic E-state index is 10.7. The summed E-state index contributed by atoms with van der Waals surface area (Å²) >= 11 is 0. The van der Waals surface area contributed by atoms with Crippen LogP contribution in [-0.4, -0.2) is 12.6 Å². The molecular formula is C44H29N3Si. The summed E-state index contributed by atoms with van der Waals surface area (Å²) in [6.07, 6.45) is 0. The van der Waals surface area contributed by atoms with Crippen LogP contribution >= 0.6 is 0 Å². The maximum absolute atomic E-state index is 10.7.